The first-order chi connectivity index (χ1) is 14.9. The number of carbonyl (C=O) groups excluding carboxylic acids is 1. The zero-order chi connectivity index (χ0) is 22.0. The van der Waals surface area contributed by atoms with Crippen molar-refractivity contribution in [2.45, 2.75) is 32.1 Å². The Balaban J connectivity index is 1.49. The van der Waals surface area contributed by atoms with Crippen LogP contribution in [-0.2, 0) is 10.2 Å². The second kappa shape index (κ2) is 9.01. The molecular formula is C25H28ClFN2O2. The number of halogens is 2. The van der Waals surface area contributed by atoms with E-state index in [0.29, 0.717) is 17.3 Å². The van der Waals surface area contributed by atoms with Crippen molar-refractivity contribution in [3.05, 3.63) is 70.5 Å². The summed E-state index contributed by atoms with van der Waals surface area (Å²) < 4.78 is 19.8. The highest BCUT2D eigenvalue weighted by Gasteiger charge is 2.46. The first-order valence-corrected chi connectivity index (χ1v) is 11.1. The molecule has 0 N–H and O–H groups in total. The van der Waals surface area contributed by atoms with Crippen molar-refractivity contribution >= 4 is 23.2 Å². The average molecular weight is 443 g/mol. The Morgan fingerprint density at radius 1 is 1.16 bits per heavy atom. The van der Waals surface area contributed by atoms with Crippen LogP contribution in [0.15, 0.2) is 54.1 Å². The molecule has 2 aromatic carbocycles. The summed E-state index contributed by atoms with van der Waals surface area (Å²) in [4.78, 5) is 17.3. The number of allylic oxidation sites excluding steroid dienone is 1. The van der Waals surface area contributed by atoms with Gasteiger partial charge in [0.2, 0.25) is 0 Å². The molecule has 164 valence electrons. The van der Waals surface area contributed by atoms with Crippen LogP contribution in [0.1, 0.15) is 32.3 Å². The van der Waals surface area contributed by atoms with E-state index in [2.05, 4.69) is 24.8 Å². The van der Waals surface area contributed by atoms with Crippen LogP contribution in [0.25, 0.3) is 0 Å². The summed E-state index contributed by atoms with van der Waals surface area (Å²) in [5, 5.41) is 0.618. The Hall–Kier alpha value is -2.37. The van der Waals surface area contributed by atoms with E-state index in [0.717, 1.165) is 43.7 Å². The van der Waals surface area contributed by atoms with Gasteiger partial charge in [-0.1, -0.05) is 23.3 Å². The van der Waals surface area contributed by atoms with Crippen molar-refractivity contribution in [2.75, 3.05) is 37.7 Å². The number of piperidine rings is 1. The third-order valence-corrected chi connectivity index (χ3v) is 6.58. The largest absolute Gasteiger partial charge is 0.484 e. The van der Waals surface area contributed by atoms with Gasteiger partial charge >= 0.3 is 0 Å². The van der Waals surface area contributed by atoms with Gasteiger partial charge in [-0.3, -0.25) is 9.69 Å². The summed E-state index contributed by atoms with van der Waals surface area (Å²) in [5.74, 6) is 0.224. The molecule has 0 unspecified atom stereocenters. The Morgan fingerprint density at radius 3 is 2.55 bits per heavy atom. The number of amides is 1. The number of benzene rings is 2. The van der Waals surface area contributed by atoms with E-state index in [-0.39, 0.29) is 23.7 Å². The fourth-order valence-corrected chi connectivity index (χ4v) is 4.65. The first kappa shape index (κ1) is 21.8. The van der Waals surface area contributed by atoms with Gasteiger partial charge in [0.15, 0.2) is 6.61 Å². The lowest BCUT2D eigenvalue weighted by molar-refractivity contribution is -0.120. The molecule has 1 saturated heterocycles. The quantitative estimate of drug-likeness (QED) is 0.596. The molecule has 2 aliphatic rings. The molecule has 0 radical (unpaired) electrons. The molecule has 0 saturated carbocycles. The van der Waals surface area contributed by atoms with E-state index in [9.17, 15) is 9.18 Å². The summed E-state index contributed by atoms with van der Waals surface area (Å²) >= 11 is 5.91. The van der Waals surface area contributed by atoms with E-state index < -0.39 is 0 Å². The van der Waals surface area contributed by atoms with Crippen molar-refractivity contribution < 1.29 is 13.9 Å². The molecule has 1 fully saturated rings. The molecule has 31 heavy (non-hydrogen) atoms. The SMILES string of the molecule is CC(C)=CCN1CCC2(CC1)CN(C(=O)COc1ccc(Cl)cc1)c1ccc(F)cc12. The number of hydrogen-bond acceptors (Lipinski definition) is 3. The van der Waals surface area contributed by atoms with Gasteiger partial charge in [0.1, 0.15) is 11.6 Å². The lowest BCUT2D eigenvalue weighted by atomic mass is 9.74. The number of ether oxygens (including phenoxy) is 1. The monoisotopic (exact) mass is 442 g/mol. The van der Waals surface area contributed by atoms with Gasteiger partial charge in [-0.25, -0.2) is 4.39 Å². The Morgan fingerprint density at radius 2 is 1.87 bits per heavy atom. The molecule has 0 bridgehead atoms. The zero-order valence-corrected chi connectivity index (χ0v) is 18.8. The second-order valence-electron chi connectivity index (χ2n) is 8.75. The van der Waals surface area contributed by atoms with E-state index in [1.807, 2.05) is 0 Å². The minimum Gasteiger partial charge on any atom is -0.484 e. The number of anilines is 1. The number of rotatable bonds is 5. The van der Waals surface area contributed by atoms with Crippen LogP contribution in [0.5, 0.6) is 5.75 Å². The summed E-state index contributed by atoms with van der Waals surface area (Å²) in [5.41, 5.74) is 2.87. The van der Waals surface area contributed by atoms with E-state index in [1.165, 1.54) is 11.6 Å². The first-order valence-electron chi connectivity index (χ1n) is 10.7. The molecule has 0 aliphatic carbocycles. The highest BCUT2D eigenvalue weighted by atomic mass is 35.5. The molecule has 2 aliphatic heterocycles. The smallest absolute Gasteiger partial charge is 0.264 e. The average Bonchev–Trinajstić information content (AvgIpc) is 3.06. The normalized spacial score (nSPS) is 17.5. The predicted molar refractivity (Wildman–Crippen MR) is 122 cm³/mol. The maximum Gasteiger partial charge on any atom is 0.264 e. The second-order valence-corrected chi connectivity index (χ2v) is 9.18. The van der Waals surface area contributed by atoms with Crippen molar-refractivity contribution in [1.82, 2.24) is 4.90 Å². The van der Waals surface area contributed by atoms with Gasteiger partial charge < -0.3 is 9.64 Å². The fraction of sp³-hybridized carbons (Fsp3) is 0.400. The van der Waals surface area contributed by atoms with Gasteiger partial charge in [-0.05, 0) is 87.8 Å². The Kier molecular flexibility index (Phi) is 6.35. The minimum atomic E-state index is -0.253. The molecule has 1 spiro atoms. The number of hydrogen-bond donors (Lipinski definition) is 0. The third-order valence-electron chi connectivity index (χ3n) is 6.33. The molecule has 0 aromatic heterocycles. The van der Waals surface area contributed by atoms with Gasteiger partial charge in [-0.2, -0.15) is 0 Å². The lowest BCUT2D eigenvalue weighted by Crippen LogP contribution is -2.46. The predicted octanol–water partition coefficient (Wildman–Crippen LogP) is 5.20. The molecule has 2 aromatic rings. The summed E-state index contributed by atoms with van der Waals surface area (Å²) in [6, 6.07) is 11.7. The summed E-state index contributed by atoms with van der Waals surface area (Å²) in [6.45, 7) is 7.53. The number of likely N-dealkylation sites (tertiary alicyclic amines) is 1. The van der Waals surface area contributed by atoms with E-state index in [1.54, 1.807) is 41.3 Å². The van der Waals surface area contributed by atoms with Crippen LogP contribution in [0.4, 0.5) is 10.1 Å². The molecule has 4 rings (SSSR count). The summed E-state index contributed by atoms with van der Waals surface area (Å²) in [6.07, 6.45) is 4.05. The molecule has 2 heterocycles. The number of carbonyl (C=O) groups is 1. The van der Waals surface area contributed by atoms with Gasteiger partial charge in [0.05, 0.1) is 0 Å². The highest BCUT2D eigenvalue weighted by molar-refractivity contribution is 6.30. The third kappa shape index (κ3) is 4.78. The van der Waals surface area contributed by atoms with Crippen LogP contribution >= 0.6 is 11.6 Å². The molecule has 1 amide bonds. The van der Waals surface area contributed by atoms with Crippen LogP contribution in [-0.4, -0.2) is 43.6 Å². The highest BCUT2D eigenvalue weighted by Crippen LogP contribution is 2.47. The maximum absolute atomic E-state index is 14.2. The lowest BCUT2D eigenvalue weighted by Gasteiger charge is -2.39. The summed E-state index contributed by atoms with van der Waals surface area (Å²) in [7, 11) is 0. The van der Waals surface area contributed by atoms with Crippen LogP contribution < -0.4 is 9.64 Å². The van der Waals surface area contributed by atoms with Crippen molar-refractivity contribution in [3.8, 4) is 5.75 Å². The van der Waals surface area contributed by atoms with Crippen molar-refractivity contribution in [3.63, 3.8) is 0 Å². The van der Waals surface area contributed by atoms with Crippen molar-refractivity contribution in [2.24, 2.45) is 0 Å². The van der Waals surface area contributed by atoms with Crippen LogP contribution in [0.2, 0.25) is 5.02 Å². The zero-order valence-electron chi connectivity index (χ0n) is 18.0. The fourth-order valence-electron chi connectivity index (χ4n) is 4.52. The van der Waals surface area contributed by atoms with E-state index >= 15 is 0 Å². The Bertz CT molecular complexity index is 978. The van der Waals surface area contributed by atoms with Gasteiger partial charge in [0, 0.05) is 29.2 Å². The van der Waals surface area contributed by atoms with Crippen LogP contribution in [0, 0.1) is 5.82 Å². The molecule has 6 heteroatoms. The Labute approximate surface area is 188 Å². The van der Waals surface area contributed by atoms with Crippen molar-refractivity contribution in [1.29, 1.82) is 0 Å². The molecule has 0 atom stereocenters. The number of nitrogens with zero attached hydrogens (tertiary/aromatic N) is 2. The van der Waals surface area contributed by atoms with Crippen LogP contribution in [0.3, 0.4) is 0 Å². The van der Waals surface area contributed by atoms with Gasteiger partial charge in [-0.15, -0.1) is 0 Å². The standard InChI is InChI=1S/C25H28ClFN2O2/c1-18(2)9-12-28-13-10-25(11-14-28)17-29(23-8-5-20(27)15-22(23)25)24(30)16-31-21-6-3-19(26)4-7-21/h3-9,15H,10-14,16-17H2,1-2H3. The molecular weight excluding hydrogens is 415 g/mol. The topological polar surface area (TPSA) is 32.8 Å². The number of fused-ring (bicyclic) bond motifs is 2. The molecule has 4 nitrogen and oxygen atoms in total. The minimum absolute atomic E-state index is 0.0682. The van der Waals surface area contributed by atoms with Gasteiger partial charge in [0.25, 0.3) is 5.91 Å². The van der Waals surface area contributed by atoms with E-state index in [4.69, 9.17) is 16.3 Å². The maximum atomic E-state index is 14.2.